The van der Waals surface area contributed by atoms with Gasteiger partial charge in [-0.2, -0.15) is 0 Å². The number of rotatable bonds is 12. The second-order valence-corrected chi connectivity index (χ2v) is 7.70. The molecule has 8 heteroatoms. The number of aliphatic hydroxyl groups excluding tert-OH is 2. The van der Waals surface area contributed by atoms with Crippen LogP contribution in [0.3, 0.4) is 0 Å². The fourth-order valence-electron chi connectivity index (χ4n) is 3.26. The molecule has 0 aromatic heterocycles. The smallest absolute Gasteiger partial charge is 0.260 e. The Labute approximate surface area is 188 Å². The second-order valence-electron chi connectivity index (χ2n) is 7.70. The molecule has 3 rings (SSSR count). The predicted molar refractivity (Wildman–Crippen MR) is 120 cm³/mol. The number of carbonyl (C=O) groups excluding carboxylic acids is 1. The molecule has 3 N–H and O–H groups in total. The van der Waals surface area contributed by atoms with E-state index in [2.05, 4.69) is 5.32 Å². The lowest BCUT2D eigenvalue weighted by molar-refractivity contribution is -0.135. The van der Waals surface area contributed by atoms with Crippen LogP contribution in [0.1, 0.15) is 12.8 Å². The number of para-hydroxylation sites is 1. The molecule has 0 radical (unpaired) electrons. The summed E-state index contributed by atoms with van der Waals surface area (Å²) < 4.78 is 16.8. The first kappa shape index (κ1) is 23.8. The Balaban J connectivity index is 1.25. The molecule has 1 heterocycles. The molecule has 0 bridgehead atoms. The van der Waals surface area contributed by atoms with Gasteiger partial charge < -0.3 is 34.6 Å². The van der Waals surface area contributed by atoms with Gasteiger partial charge in [-0.3, -0.25) is 4.79 Å². The van der Waals surface area contributed by atoms with Gasteiger partial charge in [0.2, 0.25) is 0 Å². The topological polar surface area (TPSA) is 100 Å². The third-order valence-electron chi connectivity index (χ3n) is 5.12. The lowest BCUT2D eigenvalue weighted by Crippen LogP contribution is -2.42. The van der Waals surface area contributed by atoms with Gasteiger partial charge >= 0.3 is 0 Å². The first-order chi connectivity index (χ1) is 15.6. The Morgan fingerprint density at radius 2 is 1.59 bits per heavy atom. The van der Waals surface area contributed by atoms with Crippen molar-refractivity contribution in [2.75, 3.05) is 46.0 Å². The van der Waals surface area contributed by atoms with Crippen molar-refractivity contribution < 1.29 is 29.2 Å². The minimum atomic E-state index is -0.607. The zero-order chi connectivity index (χ0) is 22.6. The van der Waals surface area contributed by atoms with E-state index >= 15 is 0 Å². The van der Waals surface area contributed by atoms with Crippen LogP contribution >= 0.6 is 0 Å². The lowest BCUT2D eigenvalue weighted by Gasteiger charge is -2.29. The predicted octanol–water partition coefficient (Wildman–Crippen LogP) is 1.46. The first-order valence-electron chi connectivity index (χ1n) is 11.0. The van der Waals surface area contributed by atoms with E-state index in [1.807, 2.05) is 30.3 Å². The molecule has 2 aromatic carbocycles. The SMILES string of the molecule is O=C(COc1ccc(OCCNCC(O)COc2ccccc2)cc1)N1CCC(O)CC1. The molecule has 1 atom stereocenters. The van der Waals surface area contributed by atoms with Crippen LogP contribution < -0.4 is 19.5 Å². The number of amides is 1. The fourth-order valence-corrected chi connectivity index (χ4v) is 3.26. The number of hydrogen-bond acceptors (Lipinski definition) is 7. The van der Waals surface area contributed by atoms with Crippen LogP contribution in [0, 0.1) is 0 Å². The van der Waals surface area contributed by atoms with E-state index in [0.717, 1.165) is 5.75 Å². The highest BCUT2D eigenvalue weighted by molar-refractivity contribution is 5.77. The Morgan fingerprint density at radius 3 is 2.28 bits per heavy atom. The zero-order valence-electron chi connectivity index (χ0n) is 18.2. The van der Waals surface area contributed by atoms with Crippen molar-refractivity contribution in [3.63, 3.8) is 0 Å². The summed E-state index contributed by atoms with van der Waals surface area (Å²) in [6, 6.07) is 16.5. The average Bonchev–Trinajstić information content (AvgIpc) is 2.83. The van der Waals surface area contributed by atoms with Crippen molar-refractivity contribution in [3.05, 3.63) is 54.6 Å². The number of benzene rings is 2. The van der Waals surface area contributed by atoms with Gasteiger partial charge in [0.05, 0.1) is 6.10 Å². The summed E-state index contributed by atoms with van der Waals surface area (Å²) in [4.78, 5) is 13.9. The number of hydrogen-bond donors (Lipinski definition) is 3. The van der Waals surface area contributed by atoms with E-state index in [9.17, 15) is 15.0 Å². The van der Waals surface area contributed by atoms with Crippen LogP contribution in [0.2, 0.25) is 0 Å². The number of carbonyl (C=O) groups is 1. The van der Waals surface area contributed by atoms with Gasteiger partial charge in [-0.25, -0.2) is 0 Å². The number of nitrogens with zero attached hydrogens (tertiary/aromatic N) is 1. The lowest BCUT2D eigenvalue weighted by atomic mass is 10.1. The summed E-state index contributed by atoms with van der Waals surface area (Å²) >= 11 is 0. The van der Waals surface area contributed by atoms with Crippen molar-refractivity contribution >= 4 is 5.91 Å². The van der Waals surface area contributed by atoms with Gasteiger partial charge in [-0.1, -0.05) is 18.2 Å². The van der Waals surface area contributed by atoms with Gasteiger partial charge in [-0.05, 0) is 49.2 Å². The number of aliphatic hydroxyl groups is 2. The van der Waals surface area contributed by atoms with Gasteiger partial charge in [0.25, 0.3) is 5.91 Å². The molecule has 1 fully saturated rings. The molecule has 1 aliphatic heterocycles. The maximum absolute atomic E-state index is 12.2. The van der Waals surface area contributed by atoms with Crippen molar-refractivity contribution in [1.82, 2.24) is 10.2 Å². The van der Waals surface area contributed by atoms with E-state index < -0.39 is 6.10 Å². The van der Waals surface area contributed by atoms with E-state index in [1.165, 1.54) is 0 Å². The molecule has 32 heavy (non-hydrogen) atoms. The Hall–Kier alpha value is -2.81. The maximum Gasteiger partial charge on any atom is 0.260 e. The van der Waals surface area contributed by atoms with Crippen LogP contribution in [-0.4, -0.2) is 79.2 Å². The first-order valence-corrected chi connectivity index (χ1v) is 11.0. The van der Waals surface area contributed by atoms with E-state index in [4.69, 9.17) is 14.2 Å². The Kier molecular flexibility index (Phi) is 9.61. The summed E-state index contributed by atoms with van der Waals surface area (Å²) in [5, 5.41) is 22.6. The number of nitrogens with one attached hydrogen (secondary N) is 1. The van der Waals surface area contributed by atoms with Crippen LogP contribution in [0.15, 0.2) is 54.6 Å². The molecule has 0 spiro atoms. The van der Waals surface area contributed by atoms with Gasteiger partial charge in [-0.15, -0.1) is 0 Å². The second kappa shape index (κ2) is 12.9. The largest absolute Gasteiger partial charge is 0.492 e. The normalized spacial score (nSPS) is 15.2. The van der Waals surface area contributed by atoms with Crippen molar-refractivity contribution in [3.8, 4) is 17.2 Å². The van der Waals surface area contributed by atoms with Crippen molar-refractivity contribution in [2.45, 2.75) is 25.0 Å². The van der Waals surface area contributed by atoms with Crippen molar-refractivity contribution in [1.29, 1.82) is 0 Å². The number of likely N-dealkylation sites (tertiary alicyclic amines) is 1. The summed E-state index contributed by atoms with van der Waals surface area (Å²) in [5.41, 5.74) is 0. The molecule has 0 aliphatic carbocycles. The van der Waals surface area contributed by atoms with E-state index in [1.54, 1.807) is 29.2 Å². The third kappa shape index (κ3) is 8.37. The monoisotopic (exact) mass is 444 g/mol. The highest BCUT2D eigenvalue weighted by atomic mass is 16.5. The Bertz CT molecular complexity index is 794. The molecule has 1 amide bonds. The standard InChI is InChI=1S/C24H32N2O6/c27-19-10-13-26(14-11-19)24(29)18-32-23-8-6-22(7-9-23)30-15-12-25-16-20(28)17-31-21-4-2-1-3-5-21/h1-9,19-20,25,27-28H,10-18H2. The van der Waals surface area contributed by atoms with Crippen LogP contribution in [0.5, 0.6) is 17.2 Å². The molecule has 1 aliphatic rings. The molecule has 1 saturated heterocycles. The molecule has 1 unspecified atom stereocenters. The summed E-state index contributed by atoms with van der Waals surface area (Å²) in [7, 11) is 0. The van der Waals surface area contributed by atoms with Gasteiger partial charge in [0, 0.05) is 26.2 Å². The number of piperidine rings is 1. The Morgan fingerprint density at radius 1 is 0.969 bits per heavy atom. The molecule has 0 saturated carbocycles. The minimum absolute atomic E-state index is 0.0173. The summed E-state index contributed by atoms with van der Waals surface area (Å²) in [6.45, 7) is 2.79. The van der Waals surface area contributed by atoms with Crippen molar-refractivity contribution in [2.24, 2.45) is 0 Å². The van der Waals surface area contributed by atoms with E-state index in [-0.39, 0.29) is 25.2 Å². The molecule has 8 nitrogen and oxygen atoms in total. The van der Waals surface area contributed by atoms with E-state index in [0.29, 0.717) is 57.1 Å². The van der Waals surface area contributed by atoms with Crippen LogP contribution in [0.4, 0.5) is 0 Å². The summed E-state index contributed by atoms with van der Waals surface area (Å²) in [5.74, 6) is 1.96. The quantitative estimate of drug-likeness (QED) is 0.426. The van der Waals surface area contributed by atoms with Crippen LogP contribution in [0.25, 0.3) is 0 Å². The van der Waals surface area contributed by atoms with Crippen LogP contribution in [-0.2, 0) is 4.79 Å². The molecular formula is C24H32N2O6. The summed E-state index contributed by atoms with van der Waals surface area (Å²) in [6.07, 6.45) is 0.325. The van der Waals surface area contributed by atoms with Gasteiger partial charge in [0.1, 0.15) is 36.6 Å². The minimum Gasteiger partial charge on any atom is -0.492 e. The highest BCUT2D eigenvalue weighted by Crippen LogP contribution is 2.18. The molecule has 2 aromatic rings. The molecular weight excluding hydrogens is 412 g/mol. The average molecular weight is 445 g/mol. The van der Waals surface area contributed by atoms with Gasteiger partial charge in [0.15, 0.2) is 6.61 Å². The highest BCUT2D eigenvalue weighted by Gasteiger charge is 2.21. The maximum atomic E-state index is 12.2. The zero-order valence-corrected chi connectivity index (χ0v) is 18.2. The third-order valence-corrected chi connectivity index (χ3v) is 5.12. The fraction of sp³-hybridized carbons (Fsp3) is 0.458. The number of ether oxygens (including phenoxy) is 3. The molecule has 174 valence electrons.